The van der Waals surface area contributed by atoms with E-state index in [2.05, 4.69) is 5.32 Å². The molecule has 0 aliphatic carbocycles. The Hall–Kier alpha value is -2.37. The molecular weight excluding hydrogens is 322 g/mol. The van der Waals surface area contributed by atoms with E-state index in [0.29, 0.717) is 5.75 Å². The number of fused-ring (bicyclic) bond motifs is 1. The first-order valence-electron chi connectivity index (χ1n) is 7.79. The number of benzene rings is 2. The number of ether oxygens (including phenoxy) is 1. The van der Waals surface area contributed by atoms with Crippen LogP contribution < -0.4 is 10.1 Å². The molecule has 1 amide bonds. The quantitative estimate of drug-likeness (QED) is 0.721. The third-order valence-electron chi connectivity index (χ3n) is 3.76. The minimum absolute atomic E-state index is 0.155. The van der Waals surface area contributed by atoms with E-state index in [4.69, 9.17) is 4.74 Å². The molecule has 2 N–H and O–H groups in total. The predicted molar refractivity (Wildman–Crippen MR) is 96.3 cm³/mol. The van der Waals surface area contributed by atoms with Crippen molar-refractivity contribution in [2.24, 2.45) is 0 Å². The molecule has 24 heavy (non-hydrogen) atoms. The van der Waals surface area contributed by atoms with Crippen molar-refractivity contribution in [1.29, 1.82) is 0 Å². The highest BCUT2D eigenvalue weighted by molar-refractivity contribution is 7.17. The zero-order chi connectivity index (χ0) is 16.9. The van der Waals surface area contributed by atoms with Gasteiger partial charge in [0.25, 0.3) is 5.91 Å². The number of hydrogen-bond donors (Lipinski definition) is 2. The molecule has 1 heterocycles. The number of hydrogen-bond acceptors (Lipinski definition) is 4. The SMILES string of the molecule is C[C@@H](Oc1ccccc1)C(=O)NC[C@H](O)c1csc2ccccc12. The average molecular weight is 341 g/mol. The van der Waals surface area contributed by atoms with Gasteiger partial charge in [-0.15, -0.1) is 11.3 Å². The molecular formula is C19H19NO3S. The van der Waals surface area contributed by atoms with Gasteiger partial charge in [0.05, 0.1) is 6.10 Å². The van der Waals surface area contributed by atoms with Crippen LogP contribution in [-0.2, 0) is 4.79 Å². The lowest BCUT2D eigenvalue weighted by molar-refractivity contribution is -0.127. The summed E-state index contributed by atoms with van der Waals surface area (Å²) in [5.41, 5.74) is 0.840. The third kappa shape index (κ3) is 3.75. The van der Waals surface area contributed by atoms with Crippen molar-refractivity contribution in [2.75, 3.05) is 6.54 Å². The molecule has 0 radical (unpaired) electrons. The monoisotopic (exact) mass is 341 g/mol. The third-order valence-corrected chi connectivity index (χ3v) is 4.75. The molecule has 0 bridgehead atoms. The molecule has 0 fully saturated rings. The van der Waals surface area contributed by atoms with E-state index < -0.39 is 12.2 Å². The second kappa shape index (κ2) is 7.47. The van der Waals surface area contributed by atoms with Crippen LogP contribution in [0, 0.1) is 0 Å². The molecule has 3 aromatic rings. The molecule has 0 unspecified atom stereocenters. The van der Waals surface area contributed by atoms with E-state index in [1.54, 1.807) is 30.4 Å². The maximum atomic E-state index is 12.1. The van der Waals surface area contributed by atoms with Crippen LogP contribution in [0.25, 0.3) is 10.1 Å². The van der Waals surface area contributed by atoms with E-state index in [9.17, 15) is 9.90 Å². The second-order valence-corrected chi connectivity index (χ2v) is 6.43. The number of carbonyl (C=O) groups excluding carboxylic acids is 1. The summed E-state index contributed by atoms with van der Waals surface area (Å²) in [5, 5.41) is 16.1. The van der Waals surface area contributed by atoms with Crippen LogP contribution in [0.4, 0.5) is 0 Å². The molecule has 0 spiro atoms. The number of thiophene rings is 1. The summed E-state index contributed by atoms with van der Waals surface area (Å²) in [6.45, 7) is 1.84. The minimum atomic E-state index is -0.742. The molecule has 0 aliphatic rings. The second-order valence-electron chi connectivity index (χ2n) is 5.52. The zero-order valence-corrected chi connectivity index (χ0v) is 14.1. The van der Waals surface area contributed by atoms with Gasteiger partial charge >= 0.3 is 0 Å². The van der Waals surface area contributed by atoms with Crippen LogP contribution in [0.3, 0.4) is 0 Å². The maximum Gasteiger partial charge on any atom is 0.260 e. The van der Waals surface area contributed by atoms with Gasteiger partial charge in [-0.05, 0) is 35.9 Å². The van der Waals surface area contributed by atoms with Crippen molar-refractivity contribution in [3.63, 3.8) is 0 Å². The topological polar surface area (TPSA) is 58.6 Å². The summed E-state index contributed by atoms with van der Waals surface area (Å²) in [7, 11) is 0. The van der Waals surface area contributed by atoms with Crippen LogP contribution in [0.5, 0.6) is 5.75 Å². The summed E-state index contributed by atoms with van der Waals surface area (Å²) < 4.78 is 6.70. The summed E-state index contributed by atoms with van der Waals surface area (Å²) in [6, 6.07) is 17.1. The number of aliphatic hydroxyl groups excluding tert-OH is 1. The van der Waals surface area contributed by atoms with Crippen LogP contribution in [0.1, 0.15) is 18.6 Å². The fourth-order valence-corrected chi connectivity index (χ4v) is 3.47. The summed E-state index contributed by atoms with van der Waals surface area (Å²) in [4.78, 5) is 12.1. The number of amides is 1. The van der Waals surface area contributed by atoms with Crippen LogP contribution in [0.2, 0.25) is 0 Å². The zero-order valence-electron chi connectivity index (χ0n) is 13.3. The van der Waals surface area contributed by atoms with E-state index in [1.165, 1.54) is 0 Å². The Morgan fingerprint density at radius 3 is 2.67 bits per heavy atom. The highest BCUT2D eigenvalue weighted by Crippen LogP contribution is 2.29. The van der Waals surface area contributed by atoms with Gasteiger partial charge in [0, 0.05) is 16.8 Å². The first kappa shape index (κ1) is 16.5. The number of aliphatic hydroxyl groups is 1. The molecule has 3 rings (SSSR count). The normalized spacial score (nSPS) is 13.4. The fourth-order valence-electron chi connectivity index (χ4n) is 2.46. The summed E-state index contributed by atoms with van der Waals surface area (Å²) in [5.74, 6) is 0.391. The highest BCUT2D eigenvalue weighted by atomic mass is 32.1. The molecule has 2 aromatic carbocycles. The largest absolute Gasteiger partial charge is 0.481 e. The van der Waals surface area contributed by atoms with Crippen LogP contribution in [-0.4, -0.2) is 23.7 Å². The number of rotatable bonds is 6. The van der Waals surface area contributed by atoms with Crippen molar-refractivity contribution in [3.05, 3.63) is 65.5 Å². The minimum Gasteiger partial charge on any atom is -0.481 e. The van der Waals surface area contributed by atoms with E-state index in [1.807, 2.05) is 47.8 Å². The fraction of sp³-hybridized carbons (Fsp3) is 0.211. The van der Waals surface area contributed by atoms with Gasteiger partial charge in [0.1, 0.15) is 5.75 Å². The number of para-hydroxylation sites is 1. The van der Waals surface area contributed by atoms with Crippen molar-refractivity contribution in [1.82, 2.24) is 5.32 Å². The van der Waals surface area contributed by atoms with Crippen LogP contribution in [0.15, 0.2) is 60.0 Å². The summed E-state index contributed by atoms with van der Waals surface area (Å²) in [6.07, 6.45) is -1.37. The standard InChI is InChI=1S/C19H19NO3S/c1-13(23-14-7-3-2-4-8-14)19(22)20-11-17(21)16-12-24-18-10-6-5-9-15(16)18/h2-10,12-13,17,21H,11H2,1H3,(H,20,22)/t13-,17+/m1/s1. The molecule has 2 atom stereocenters. The average Bonchev–Trinajstić information content (AvgIpc) is 3.04. The lowest BCUT2D eigenvalue weighted by atomic mass is 10.1. The maximum absolute atomic E-state index is 12.1. The Morgan fingerprint density at radius 2 is 1.88 bits per heavy atom. The van der Waals surface area contributed by atoms with E-state index >= 15 is 0 Å². The van der Waals surface area contributed by atoms with Gasteiger partial charge in [-0.3, -0.25) is 4.79 Å². The lowest BCUT2D eigenvalue weighted by Gasteiger charge is -2.16. The van der Waals surface area contributed by atoms with Gasteiger partial charge < -0.3 is 15.2 Å². The van der Waals surface area contributed by atoms with E-state index in [0.717, 1.165) is 15.6 Å². The molecule has 124 valence electrons. The van der Waals surface area contributed by atoms with Crippen molar-refractivity contribution >= 4 is 27.3 Å². The molecule has 5 heteroatoms. The van der Waals surface area contributed by atoms with Crippen molar-refractivity contribution in [3.8, 4) is 5.75 Å². The summed E-state index contributed by atoms with van der Waals surface area (Å²) >= 11 is 1.59. The Balaban J connectivity index is 1.57. The first-order valence-corrected chi connectivity index (χ1v) is 8.66. The molecule has 4 nitrogen and oxygen atoms in total. The smallest absolute Gasteiger partial charge is 0.260 e. The Labute approximate surface area is 144 Å². The predicted octanol–water partition coefficient (Wildman–Crippen LogP) is 3.52. The molecule has 0 saturated heterocycles. The molecule has 0 saturated carbocycles. The Bertz CT molecular complexity index is 816. The van der Waals surface area contributed by atoms with Gasteiger partial charge in [-0.2, -0.15) is 0 Å². The Morgan fingerprint density at radius 1 is 1.17 bits per heavy atom. The van der Waals surface area contributed by atoms with Crippen molar-refractivity contribution < 1.29 is 14.6 Å². The molecule has 1 aromatic heterocycles. The number of nitrogens with one attached hydrogen (secondary N) is 1. The van der Waals surface area contributed by atoms with Gasteiger partial charge in [-0.25, -0.2) is 0 Å². The van der Waals surface area contributed by atoms with Gasteiger partial charge in [0.15, 0.2) is 6.10 Å². The number of carbonyl (C=O) groups is 1. The first-order chi connectivity index (χ1) is 11.6. The lowest BCUT2D eigenvalue weighted by Crippen LogP contribution is -2.38. The van der Waals surface area contributed by atoms with Gasteiger partial charge in [-0.1, -0.05) is 36.4 Å². The van der Waals surface area contributed by atoms with Crippen LogP contribution >= 0.6 is 11.3 Å². The van der Waals surface area contributed by atoms with E-state index in [-0.39, 0.29) is 12.5 Å². The highest BCUT2D eigenvalue weighted by Gasteiger charge is 2.18. The van der Waals surface area contributed by atoms with Crippen molar-refractivity contribution in [2.45, 2.75) is 19.1 Å². The van der Waals surface area contributed by atoms with Gasteiger partial charge in [0.2, 0.25) is 0 Å². The Kier molecular flexibility index (Phi) is 5.13. The molecule has 0 aliphatic heterocycles.